The maximum absolute atomic E-state index is 5.98. The smallest absolute Gasteiger partial charge is 0.0496 e. The summed E-state index contributed by atoms with van der Waals surface area (Å²) < 4.78 is 0. The lowest BCUT2D eigenvalue weighted by atomic mass is 9.93. The number of nitrogens with two attached hydrogens (primary N) is 1. The monoisotopic (exact) mass is 242 g/mol. The molecule has 4 heteroatoms. The molecule has 0 bridgehead atoms. The van der Waals surface area contributed by atoms with Crippen molar-refractivity contribution in [2.24, 2.45) is 11.8 Å². The molecule has 1 aromatic rings. The Morgan fingerprint density at radius 2 is 2.40 bits per heavy atom. The van der Waals surface area contributed by atoms with Gasteiger partial charge in [0.05, 0.1) is 0 Å². The Hall–Kier alpha value is -0.220. The van der Waals surface area contributed by atoms with Gasteiger partial charge in [-0.25, -0.2) is 0 Å². The molecule has 15 heavy (non-hydrogen) atoms. The Morgan fingerprint density at radius 1 is 1.53 bits per heavy atom. The van der Waals surface area contributed by atoms with E-state index in [1.165, 1.54) is 23.5 Å². The lowest BCUT2D eigenvalue weighted by Crippen LogP contribution is -2.33. The average molecular weight is 243 g/mol. The lowest BCUT2D eigenvalue weighted by Gasteiger charge is -2.22. The largest absolute Gasteiger partial charge is 0.271 e. The van der Waals surface area contributed by atoms with Crippen LogP contribution in [0.25, 0.3) is 0 Å². The summed E-state index contributed by atoms with van der Waals surface area (Å²) in [7, 11) is 0. The van der Waals surface area contributed by atoms with E-state index < -0.39 is 0 Å². The number of nitrogens with one attached hydrogen (secondary N) is 1. The van der Waals surface area contributed by atoms with Gasteiger partial charge in [0.2, 0.25) is 0 Å². The van der Waals surface area contributed by atoms with Gasteiger partial charge in [-0.15, -0.1) is 0 Å². The second-order valence-corrected chi connectivity index (χ2v) is 5.41. The second-order valence-electron chi connectivity index (χ2n) is 3.82. The summed E-state index contributed by atoms with van der Waals surface area (Å²) in [5, 5.41) is 0.776. The predicted molar refractivity (Wildman–Crippen MR) is 66.9 cm³/mol. The molecule has 82 valence electrons. The molecule has 1 heterocycles. The summed E-state index contributed by atoms with van der Waals surface area (Å²) in [6.07, 6.45) is 1.23. The summed E-state index contributed by atoms with van der Waals surface area (Å²) in [6, 6.07) is 8.18. The van der Waals surface area contributed by atoms with Gasteiger partial charge in [-0.3, -0.25) is 11.3 Å². The maximum Gasteiger partial charge on any atom is 0.0496 e. The Kier molecular flexibility index (Phi) is 3.92. The van der Waals surface area contributed by atoms with Gasteiger partial charge in [0.15, 0.2) is 0 Å². The minimum absolute atomic E-state index is 0.235. The van der Waals surface area contributed by atoms with Crippen LogP contribution in [0.15, 0.2) is 24.3 Å². The van der Waals surface area contributed by atoms with Crippen molar-refractivity contribution in [2.75, 3.05) is 11.5 Å². The molecule has 0 aromatic heterocycles. The van der Waals surface area contributed by atoms with Crippen molar-refractivity contribution in [3.63, 3.8) is 0 Å². The summed E-state index contributed by atoms with van der Waals surface area (Å²) >= 11 is 7.97. The minimum Gasteiger partial charge on any atom is -0.271 e. The van der Waals surface area contributed by atoms with E-state index in [-0.39, 0.29) is 6.04 Å². The summed E-state index contributed by atoms with van der Waals surface area (Å²) in [6.45, 7) is 0. The van der Waals surface area contributed by atoms with Gasteiger partial charge < -0.3 is 0 Å². The Morgan fingerprint density at radius 3 is 3.00 bits per heavy atom. The van der Waals surface area contributed by atoms with Gasteiger partial charge in [-0.2, -0.15) is 11.8 Å². The molecule has 2 unspecified atom stereocenters. The number of halogens is 1. The molecule has 0 radical (unpaired) electrons. The molecule has 1 aliphatic rings. The first kappa shape index (κ1) is 11.3. The second kappa shape index (κ2) is 5.21. The highest BCUT2D eigenvalue weighted by atomic mass is 35.5. The molecule has 0 spiro atoms. The van der Waals surface area contributed by atoms with E-state index in [9.17, 15) is 0 Å². The van der Waals surface area contributed by atoms with Crippen LogP contribution in [-0.4, -0.2) is 11.5 Å². The van der Waals surface area contributed by atoms with Crippen molar-refractivity contribution >= 4 is 23.4 Å². The summed E-state index contributed by atoms with van der Waals surface area (Å²) in [5.41, 5.74) is 4.11. The average Bonchev–Trinajstić information content (AvgIpc) is 2.72. The highest BCUT2D eigenvalue weighted by molar-refractivity contribution is 7.99. The van der Waals surface area contributed by atoms with E-state index in [0.717, 1.165) is 5.02 Å². The number of rotatable bonds is 3. The molecule has 1 saturated heterocycles. The lowest BCUT2D eigenvalue weighted by molar-refractivity contribution is 0.400. The fourth-order valence-electron chi connectivity index (χ4n) is 2.02. The van der Waals surface area contributed by atoms with Crippen LogP contribution in [0.5, 0.6) is 0 Å². The number of hydrogen-bond donors (Lipinski definition) is 2. The number of benzene rings is 1. The van der Waals surface area contributed by atoms with Crippen molar-refractivity contribution in [1.82, 2.24) is 5.43 Å². The van der Waals surface area contributed by atoms with E-state index in [4.69, 9.17) is 17.4 Å². The van der Waals surface area contributed by atoms with Crippen LogP contribution in [-0.2, 0) is 0 Å². The molecule has 3 N–H and O–H groups in total. The molecule has 0 amide bonds. The Labute approximate surface area is 99.5 Å². The third-order valence-electron chi connectivity index (χ3n) is 2.82. The van der Waals surface area contributed by atoms with Gasteiger partial charge in [0.25, 0.3) is 0 Å². The summed E-state index contributed by atoms with van der Waals surface area (Å²) in [5.74, 6) is 8.68. The van der Waals surface area contributed by atoms with Gasteiger partial charge in [-0.1, -0.05) is 23.7 Å². The van der Waals surface area contributed by atoms with Gasteiger partial charge in [-0.05, 0) is 41.5 Å². The zero-order chi connectivity index (χ0) is 10.7. The first-order valence-electron chi connectivity index (χ1n) is 5.10. The summed E-state index contributed by atoms with van der Waals surface area (Å²) in [4.78, 5) is 0. The number of hydrazine groups is 1. The maximum atomic E-state index is 5.98. The molecule has 2 atom stereocenters. The topological polar surface area (TPSA) is 38.0 Å². The zero-order valence-corrected chi connectivity index (χ0v) is 10.0. The fourth-order valence-corrected chi connectivity index (χ4v) is 3.52. The molecule has 2 nitrogen and oxygen atoms in total. The third-order valence-corrected chi connectivity index (χ3v) is 4.25. The minimum atomic E-state index is 0.235. The Balaban J connectivity index is 2.18. The normalized spacial score (nSPS) is 22.9. The fraction of sp³-hybridized carbons (Fsp3) is 0.455. The molecule has 2 rings (SSSR count). The number of thioether (sulfide) groups is 1. The van der Waals surface area contributed by atoms with E-state index in [0.29, 0.717) is 5.92 Å². The van der Waals surface area contributed by atoms with Crippen LogP contribution in [0.3, 0.4) is 0 Å². The molecular weight excluding hydrogens is 228 g/mol. The zero-order valence-electron chi connectivity index (χ0n) is 8.45. The predicted octanol–water partition coefficient (Wildman–Crippen LogP) is 2.60. The van der Waals surface area contributed by atoms with E-state index >= 15 is 0 Å². The van der Waals surface area contributed by atoms with Crippen molar-refractivity contribution in [3.05, 3.63) is 34.9 Å². The van der Waals surface area contributed by atoms with E-state index in [1.54, 1.807) is 0 Å². The van der Waals surface area contributed by atoms with Crippen LogP contribution in [0.4, 0.5) is 0 Å². The standard InChI is InChI=1S/C11H15ClN2S/c12-10-3-1-2-8(6-10)11(14-13)9-4-5-15-7-9/h1-3,6,9,11,14H,4-5,7,13H2. The van der Waals surface area contributed by atoms with Crippen molar-refractivity contribution in [1.29, 1.82) is 0 Å². The SMILES string of the molecule is NNC(c1cccc(Cl)c1)C1CCSC1. The van der Waals surface area contributed by atoms with Gasteiger partial charge >= 0.3 is 0 Å². The molecular formula is C11H15ClN2S. The highest BCUT2D eigenvalue weighted by Crippen LogP contribution is 2.34. The van der Waals surface area contributed by atoms with E-state index in [1.807, 2.05) is 30.0 Å². The van der Waals surface area contributed by atoms with Crippen LogP contribution in [0, 0.1) is 5.92 Å². The molecule has 1 aliphatic heterocycles. The van der Waals surface area contributed by atoms with Crippen molar-refractivity contribution in [3.8, 4) is 0 Å². The third kappa shape index (κ3) is 2.67. The van der Waals surface area contributed by atoms with Gasteiger partial charge in [0.1, 0.15) is 0 Å². The van der Waals surface area contributed by atoms with Crippen molar-refractivity contribution < 1.29 is 0 Å². The molecule has 1 aromatic carbocycles. The molecule has 0 aliphatic carbocycles. The quantitative estimate of drug-likeness (QED) is 0.632. The highest BCUT2D eigenvalue weighted by Gasteiger charge is 2.25. The molecule has 0 saturated carbocycles. The first-order valence-corrected chi connectivity index (χ1v) is 6.64. The van der Waals surface area contributed by atoms with Crippen LogP contribution in [0.2, 0.25) is 5.02 Å². The molecule has 1 fully saturated rings. The number of hydrogen-bond acceptors (Lipinski definition) is 3. The van der Waals surface area contributed by atoms with Crippen LogP contribution in [0.1, 0.15) is 18.0 Å². The van der Waals surface area contributed by atoms with Crippen LogP contribution >= 0.6 is 23.4 Å². The van der Waals surface area contributed by atoms with Crippen LogP contribution < -0.4 is 11.3 Å². The van der Waals surface area contributed by atoms with E-state index in [2.05, 4.69) is 11.5 Å². The van der Waals surface area contributed by atoms with Crippen molar-refractivity contribution in [2.45, 2.75) is 12.5 Å². The van der Waals surface area contributed by atoms with Gasteiger partial charge in [0, 0.05) is 11.1 Å². The Bertz CT molecular complexity index is 326. The first-order chi connectivity index (χ1) is 7.31.